The van der Waals surface area contributed by atoms with Gasteiger partial charge in [-0.2, -0.15) is 0 Å². The number of hydrogen-bond donors (Lipinski definition) is 2. The lowest BCUT2D eigenvalue weighted by molar-refractivity contribution is -0.0208. The minimum Gasteiger partial charge on any atom is -0.390 e. The van der Waals surface area contributed by atoms with E-state index in [9.17, 15) is 5.11 Å². The van der Waals surface area contributed by atoms with Gasteiger partial charge in [-0.3, -0.25) is 0 Å². The number of aliphatic hydroxyl groups is 2. The van der Waals surface area contributed by atoms with Gasteiger partial charge in [0.15, 0.2) is 0 Å². The van der Waals surface area contributed by atoms with Crippen molar-refractivity contribution in [3.05, 3.63) is 6.42 Å². The Morgan fingerprint density at radius 2 is 1.90 bits per heavy atom. The molecule has 59 valence electrons. The Morgan fingerprint density at radius 1 is 1.20 bits per heavy atom. The Hall–Kier alpha value is -0.0800. The number of hydrogen-bond acceptors (Lipinski definition) is 2. The largest absolute Gasteiger partial charge is 0.390 e. The van der Waals surface area contributed by atoms with Gasteiger partial charge in [0.2, 0.25) is 0 Å². The second-order valence-electron chi connectivity index (χ2n) is 3.04. The minimum absolute atomic E-state index is 0.476. The van der Waals surface area contributed by atoms with Gasteiger partial charge in [0, 0.05) is 0 Å². The maximum Gasteiger partial charge on any atom is 0.0801 e. The van der Waals surface area contributed by atoms with Crippen LogP contribution in [0.1, 0.15) is 26.2 Å². The summed E-state index contributed by atoms with van der Waals surface area (Å²) in [5.41, 5.74) is 0. The summed E-state index contributed by atoms with van der Waals surface area (Å²) in [4.78, 5) is 0. The zero-order valence-corrected chi connectivity index (χ0v) is 6.33. The van der Waals surface area contributed by atoms with E-state index in [1.165, 1.54) is 0 Å². The van der Waals surface area contributed by atoms with Crippen LogP contribution >= 0.6 is 0 Å². The van der Waals surface area contributed by atoms with Crippen molar-refractivity contribution >= 4 is 0 Å². The monoisotopic (exact) mass is 143 g/mol. The standard InChI is InChI=1S/C8H15O2/c1-2-6-3-4-7(9)8(10)5-6/h2,6-10H,3-5H2,1H3. The summed E-state index contributed by atoms with van der Waals surface area (Å²) in [5, 5.41) is 18.3. The molecule has 1 saturated carbocycles. The summed E-state index contributed by atoms with van der Waals surface area (Å²) < 4.78 is 0. The van der Waals surface area contributed by atoms with Crippen molar-refractivity contribution in [2.24, 2.45) is 5.92 Å². The van der Waals surface area contributed by atoms with Crippen molar-refractivity contribution in [2.75, 3.05) is 0 Å². The zero-order valence-electron chi connectivity index (χ0n) is 6.33. The molecular weight excluding hydrogens is 128 g/mol. The maximum atomic E-state index is 9.21. The highest BCUT2D eigenvalue weighted by atomic mass is 16.3. The van der Waals surface area contributed by atoms with E-state index >= 15 is 0 Å². The summed E-state index contributed by atoms with van der Waals surface area (Å²) in [5.74, 6) is 0.512. The first-order chi connectivity index (χ1) is 4.74. The molecule has 1 radical (unpaired) electrons. The van der Waals surface area contributed by atoms with E-state index in [1.807, 2.05) is 6.92 Å². The third-order valence-corrected chi connectivity index (χ3v) is 2.29. The molecule has 1 fully saturated rings. The molecule has 2 N–H and O–H groups in total. The second-order valence-corrected chi connectivity index (χ2v) is 3.04. The molecule has 0 aromatic heterocycles. The van der Waals surface area contributed by atoms with Gasteiger partial charge >= 0.3 is 0 Å². The summed E-state index contributed by atoms with van der Waals surface area (Å²) in [6, 6.07) is 0. The molecule has 1 aliphatic rings. The molecule has 2 nitrogen and oxygen atoms in total. The van der Waals surface area contributed by atoms with Crippen molar-refractivity contribution in [3.63, 3.8) is 0 Å². The third-order valence-electron chi connectivity index (χ3n) is 2.29. The molecule has 0 spiro atoms. The van der Waals surface area contributed by atoms with Gasteiger partial charge in [-0.1, -0.05) is 6.92 Å². The van der Waals surface area contributed by atoms with Crippen LogP contribution in [0.15, 0.2) is 0 Å². The van der Waals surface area contributed by atoms with Gasteiger partial charge in [-0.15, -0.1) is 0 Å². The first-order valence-corrected chi connectivity index (χ1v) is 3.89. The minimum atomic E-state index is -0.491. The molecule has 0 aromatic carbocycles. The van der Waals surface area contributed by atoms with Crippen molar-refractivity contribution in [1.29, 1.82) is 0 Å². The fourth-order valence-electron chi connectivity index (χ4n) is 1.47. The summed E-state index contributed by atoms with van der Waals surface area (Å²) >= 11 is 0. The van der Waals surface area contributed by atoms with E-state index in [4.69, 9.17) is 5.11 Å². The molecule has 3 atom stereocenters. The van der Waals surface area contributed by atoms with Crippen molar-refractivity contribution in [3.8, 4) is 0 Å². The van der Waals surface area contributed by atoms with Crippen LogP contribution in [0.3, 0.4) is 0 Å². The second kappa shape index (κ2) is 3.35. The Balaban J connectivity index is 2.33. The van der Waals surface area contributed by atoms with Gasteiger partial charge < -0.3 is 10.2 Å². The predicted octanol–water partition coefficient (Wildman–Crippen LogP) is 0.732. The first kappa shape index (κ1) is 8.02. The molecule has 0 saturated heterocycles. The smallest absolute Gasteiger partial charge is 0.0801 e. The van der Waals surface area contributed by atoms with Crippen LogP contribution in [0.25, 0.3) is 0 Å². The topological polar surface area (TPSA) is 40.5 Å². The molecule has 0 heterocycles. The van der Waals surface area contributed by atoms with Crippen LogP contribution in [-0.2, 0) is 0 Å². The predicted molar refractivity (Wildman–Crippen MR) is 39.3 cm³/mol. The average molecular weight is 143 g/mol. The molecule has 1 aliphatic carbocycles. The molecule has 3 unspecified atom stereocenters. The normalized spacial score (nSPS) is 41.7. The van der Waals surface area contributed by atoms with Gasteiger partial charge in [-0.05, 0) is 31.6 Å². The number of rotatable bonds is 1. The number of aliphatic hydroxyl groups excluding tert-OH is 2. The highest BCUT2D eigenvalue weighted by Gasteiger charge is 2.26. The fraction of sp³-hybridized carbons (Fsp3) is 0.875. The lowest BCUT2D eigenvalue weighted by Crippen LogP contribution is -2.33. The van der Waals surface area contributed by atoms with E-state index in [2.05, 4.69) is 6.42 Å². The molecule has 2 heteroatoms. The van der Waals surface area contributed by atoms with Crippen molar-refractivity contribution < 1.29 is 10.2 Å². The Kier molecular flexibility index (Phi) is 2.69. The molecule has 10 heavy (non-hydrogen) atoms. The van der Waals surface area contributed by atoms with Crippen molar-refractivity contribution in [1.82, 2.24) is 0 Å². The Labute approximate surface area is 61.9 Å². The van der Waals surface area contributed by atoms with E-state index in [0.29, 0.717) is 5.92 Å². The third kappa shape index (κ3) is 1.70. The molecule has 0 bridgehead atoms. The summed E-state index contributed by atoms with van der Waals surface area (Å²) in [7, 11) is 0. The zero-order chi connectivity index (χ0) is 7.56. The van der Waals surface area contributed by atoms with Crippen LogP contribution < -0.4 is 0 Å². The fourth-order valence-corrected chi connectivity index (χ4v) is 1.47. The molecule has 0 aromatic rings. The average Bonchev–Trinajstić information content (AvgIpc) is 1.95. The molecule has 1 rings (SSSR count). The van der Waals surface area contributed by atoms with E-state index in [1.54, 1.807) is 0 Å². The van der Waals surface area contributed by atoms with E-state index in [-0.39, 0.29) is 0 Å². The van der Waals surface area contributed by atoms with Crippen LogP contribution in [0, 0.1) is 12.3 Å². The summed E-state index contributed by atoms with van der Waals surface area (Å²) in [6.45, 7) is 2.01. The van der Waals surface area contributed by atoms with Crippen LogP contribution in [0.5, 0.6) is 0 Å². The van der Waals surface area contributed by atoms with E-state index < -0.39 is 12.2 Å². The highest BCUT2D eigenvalue weighted by Crippen LogP contribution is 2.25. The quantitative estimate of drug-likeness (QED) is 0.568. The van der Waals surface area contributed by atoms with E-state index in [0.717, 1.165) is 19.3 Å². The van der Waals surface area contributed by atoms with Gasteiger partial charge in [0.25, 0.3) is 0 Å². The summed E-state index contributed by atoms with van der Waals surface area (Å²) in [6.07, 6.45) is 3.64. The SMILES string of the molecule is C[CH]C1CCC(O)C(O)C1. The Bertz CT molecular complexity index is 103. The van der Waals surface area contributed by atoms with Gasteiger partial charge in [0.05, 0.1) is 12.2 Å². The molecule has 0 aliphatic heterocycles. The molecule has 0 amide bonds. The van der Waals surface area contributed by atoms with Gasteiger partial charge in [0.1, 0.15) is 0 Å². The maximum absolute atomic E-state index is 9.21. The lowest BCUT2D eigenvalue weighted by Gasteiger charge is -2.28. The first-order valence-electron chi connectivity index (χ1n) is 3.89. The van der Waals surface area contributed by atoms with Gasteiger partial charge in [-0.25, -0.2) is 0 Å². The lowest BCUT2D eigenvalue weighted by atomic mass is 9.84. The van der Waals surface area contributed by atoms with Crippen LogP contribution in [-0.4, -0.2) is 22.4 Å². The molecular formula is C8H15O2. The Morgan fingerprint density at radius 3 is 2.40 bits per heavy atom. The van der Waals surface area contributed by atoms with Crippen LogP contribution in [0.2, 0.25) is 0 Å². The highest BCUT2D eigenvalue weighted by molar-refractivity contribution is 4.84. The van der Waals surface area contributed by atoms with Crippen molar-refractivity contribution in [2.45, 2.75) is 38.4 Å². The van der Waals surface area contributed by atoms with Crippen LogP contribution in [0.4, 0.5) is 0 Å².